The number of nitrogens with zero attached hydrogens (tertiary/aromatic N) is 3. The molecule has 1 aliphatic rings. The van der Waals surface area contributed by atoms with Crippen LogP contribution in [0.1, 0.15) is 44.4 Å². The molecule has 2 unspecified atom stereocenters. The fraction of sp³-hybridized carbons (Fsp3) is 0.500. The Morgan fingerprint density at radius 3 is 3.05 bits per heavy atom. The summed E-state index contributed by atoms with van der Waals surface area (Å²) < 4.78 is 7.80. The highest BCUT2D eigenvalue weighted by Crippen LogP contribution is 2.33. The predicted molar refractivity (Wildman–Crippen MR) is 84.0 cm³/mol. The fourth-order valence-electron chi connectivity index (χ4n) is 2.73. The Labute approximate surface area is 129 Å². The van der Waals surface area contributed by atoms with E-state index in [-0.39, 0.29) is 18.9 Å². The molecule has 0 aromatic carbocycles. The van der Waals surface area contributed by atoms with Gasteiger partial charge in [0, 0.05) is 12.6 Å². The third-order valence-corrected chi connectivity index (χ3v) is 3.84. The Morgan fingerprint density at radius 2 is 2.32 bits per heavy atom. The first-order valence-electron chi connectivity index (χ1n) is 7.60. The first-order chi connectivity index (χ1) is 10.7. The Hall–Kier alpha value is -2.10. The van der Waals surface area contributed by atoms with Crippen molar-refractivity contribution in [3.8, 4) is 11.8 Å². The highest BCUT2D eigenvalue weighted by atomic mass is 16.5. The molecule has 3 rings (SSSR count). The number of ether oxygens (including phenoxy) is 1. The lowest BCUT2D eigenvalue weighted by atomic mass is 10.2. The number of nitrogens with two attached hydrogens (primary N) is 1. The standard InChI is InChI=1S/C16H20N4O2/c1-2-3-4-5-11-8-20(13-7-6-12(9-21)22-13)16-14(11)15(17)18-10-19-16/h8,10,12-13,21H,2-3,6-7,9H2,1H3,(H2,17,18,19). The third kappa shape index (κ3) is 2.65. The molecule has 0 amide bonds. The van der Waals surface area contributed by atoms with Gasteiger partial charge in [-0.25, -0.2) is 9.97 Å². The van der Waals surface area contributed by atoms with Crippen molar-refractivity contribution in [2.24, 2.45) is 0 Å². The van der Waals surface area contributed by atoms with Gasteiger partial charge in [-0.15, -0.1) is 0 Å². The van der Waals surface area contributed by atoms with Gasteiger partial charge in [-0.3, -0.25) is 0 Å². The van der Waals surface area contributed by atoms with Crippen LogP contribution in [0.5, 0.6) is 0 Å². The molecule has 116 valence electrons. The van der Waals surface area contributed by atoms with Gasteiger partial charge in [-0.05, 0) is 19.3 Å². The van der Waals surface area contributed by atoms with E-state index in [0.29, 0.717) is 5.82 Å². The van der Waals surface area contributed by atoms with Crippen molar-refractivity contribution in [1.82, 2.24) is 14.5 Å². The molecule has 6 nitrogen and oxygen atoms in total. The van der Waals surface area contributed by atoms with E-state index in [9.17, 15) is 5.11 Å². The second-order valence-corrected chi connectivity index (χ2v) is 5.43. The molecule has 0 radical (unpaired) electrons. The third-order valence-electron chi connectivity index (χ3n) is 3.84. The van der Waals surface area contributed by atoms with Crippen LogP contribution in [0.25, 0.3) is 11.0 Å². The lowest BCUT2D eigenvalue weighted by Crippen LogP contribution is -2.14. The molecule has 2 aromatic heterocycles. The van der Waals surface area contributed by atoms with E-state index in [2.05, 4.69) is 28.7 Å². The van der Waals surface area contributed by atoms with Crippen molar-refractivity contribution in [1.29, 1.82) is 0 Å². The summed E-state index contributed by atoms with van der Waals surface area (Å²) in [6.45, 7) is 2.13. The largest absolute Gasteiger partial charge is 0.394 e. The molecule has 0 aliphatic carbocycles. The SMILES string of the molecule is CCCC#Cc1cn(C2CCC(CO)O2)c2ncnc(N)c12. The van der Waals surface area contributed by atoms with Gasteiger partial charge >= 0.3 is 0 Å². The molecule has 1 saturated heterocycles. The Bertz CT molecular complexity index is 729. The number of anilines is 1. The smallest absolute Gasteiger partial charge is 0.148 e. The van der Waals surface area contributed by atoms with Crippen LogP contribution in [0.3, 0.4) is 0 Å². The maximum atomic E-state index is 9.23. The molecule has 0 saturated carbocycles. The number of hydrogen-bond donors (Lipinski definition) is 2. The summed E-state index contributed by atoms with van der Waals surface area (Å²) in [5.74, 6) is 6.73. The predicted octanol–water partition coefficient (Wildman–Crippen LogP) is 1.83. The topological polar surface area (TPSA) is 86.2 Å². The number of fused-ring (bicyclic) bond motifs is 1. The van der Waals surface area contributed by atoms with Gasteiger partial charge in [0.25, 0.3) is 0 Å². The number of hydrogen-bond acceptors (Lipinski definition) is 5. The van der Waals surface area contributed by atoms with Crippen molar-refractivity contribution in [3.63, 3.8) is 0 Å². The maximum Gasteiger partial charge on any atom is 0.148 e. The molecule has 2 aromatic rings. The Kier molecular flexibility index (Phi) is 4.27. The molecular weight excluding hydrogens is 280 g/mol. The number of aromatic nitrogens is 3. The van der Waals surface area contributed by atoms with E-state index in [0.717, 1.165) is 42.3 Å². The number of aliphatic hydroxyl groups is 1. The van der Waals surface area contributed by atoms with Crippen molar-refractivity contribution < 1.29 is 9.84 Å². The molecule has 2 atom stereocenters. The molecule has 0 spiro atoms. The lowest BCUT2D eigenvalue weighted by Gasteiger charge is -2.14. The Balaban J connectivity index is 2.04. The average molecular weight is 300 g/mol. The van der Waals surface area contributed by atoms with Crippen LogP contribution in [0.2, 0.25) is 0 Å². The first-order valence-corrected chi connectivity index (χ1v) is 7.60. The van der Waals surface area contributed by atoms with Crippen molar-refractivity contribution >= 4 is 16.9 Å². The highest BCUT2D eigenvalue weighted by Gasteiger charge is 2.28. The van der Waals surface area contributed by atoms with Crippen molar-refractivity contribution in [2.45, 2.75) is 44.9 Å². The molecule has 0 bridgehead atoms. The van der Waals surface area contributed by atoms with Crippen LogP contribution in [0.15, 0.2) is 12.5 Å². The number of rotatable bonds is 3. The molecule has 3 heterocycles. The molecule has 1 aliphatic heterocycles. The van der Waals surface area contributed by atoms with Crippen LogP contribution in [0.4, 0.5) is 5.82 Å². The molecular formula is C16H20N4O2. The molecule has 3 N–H and O–H groups in total. The van der Waals surface area contributed by atoms with Crippen LogP contribution in [-0.4, -0.2) is 32.4 Å². The van der Waals surface area contributed by atoms with E-state index in [1.165, 1.54) is 6.33 Å². The number of aliphatic hydroxyl groups excluding tert-OH is 1. The second-order valence-electron chi connectivity index (χ2n) is 5.43. The van der Waals surface area contributed by atoms with Crippen LogP contribution >= 0.6 is 0 Å². The van der Waals surface area contributed by atoms with E-state index in [4.69, 9.17) is 10.5 Å². The molecule has 1 fully saturated rings. The summed E-state index contributed by atoms with van der Waals surface area (Å²) in [5.41, 5.74) is 7.58. The van der Waals surface area contributed by atoms with Gasteiger partial charge in [-0.2, -0.15) is 0 Å². The van der Waals surface area contributed by atoms with Gasteiger partial charge in [0.15, 0.2) is 0 Å². The van der Waals surface area contributed by atoms with Gasteiger partial charge in [-0.1, -0.05) is 18.8 Å². The summed E-state index contributed by atoms with van der Waals surface area (Å²) in [6, 6.07) is 0. The van der Waals surface area contributed by atoms with Crippen LogP contribution in [0, 0.1) is 11.8 Å². The minimum absolute atomic E-state index is 0.0377. The number of nitrogen functional groups attached to an aromatic ring is 1. The van der Waals surface area contributed by atoms with Crippen molar-refractivity contribution in [3.05, 3.63) is 18.1 Å². The van der Waals surface area contributed by atoms with E-state index in [1.54, 1.807) is 0 Å². The summed E-state index contributed by atoms with van der Waals surface area (Å²) in [4.78, 5) is 8.42. The van der Waals surface area contributed by atoms with Crippen LogP contribution < -0.4 is 5.73 Å². The van der Waals surface area contributed by atoms with Crippen molar-refractivity contribution in [2.75, 3.05) is 12.3 Å². The number of unbranched alkanes of at least 4 members (excludes halogenated alkanes) is 1. The minimum Gasteiger partial charge on any atom is -0.394 e. The minimum atomic E-state index is -0.143. The lowest BCUT2D eigenvalue weighted by molar-refractivity contribution is -0.0204. The van der Waals surface area contributed by atoms with Crippen LogP contribution in [-0.2, 0) is 4.74 Å². The van der Waals surface area contributed by atoms with Gasteiger partial charge in [0.2, 0.25) is 0 Å². The van der Waals surface area contributed by atoms with E-state index >= 15 is 0 Å². The van der Waals surface area contributed by atoms with E-state index < -0.39 is 0 Å². The van der Waals surface area contributed by atoms with Gasteiger partial charge in [0.05, 0.1) is 23.7 Å². The summed E-state index contributed by atoms with van der Waals surface area (Å²) in [5, 5.41) is 10.0. The average Bonchev–Trinajstić information content (AvgIpc) is 3.13. The summed E-state index contributed by atoms with van der Waals surface area (Å²) in [6.07, 6.45) is 6.65. The zero-order valence-corrected chi connectivity index (χ0v) is 12.6. The van der Waals surface area contributed by atoms with E-state index in [1.807, 2.05) is 10.8 Å². The summed E-state index contributed by atoms with van der Waals surface area (Å²) in [7, 11) is 0. The zero-order chi connectivity index (χ0) is 15.5. The normalized spacial score (nSPS) is 21.0. The molecule has 22 heavy (non-hydrogen) atoms. The van der Waals surface area contributed by atoms with Gasteiger partial charge < -0.3 is 20.1 Å². The monoisotopic (exact) mass is 300 g/mol. The first kappa shape index (κ1) is 14.8. The summed E-state index contributed by atoms with van der Waals surface area (Å²) >= 11 is 0. The second kappa shape index (κ2) is 6.34. The van der Waals surface area contributed by atoms with Gasteiger partial charge in [0.1, 0.15) is 24.0 Å². The quantitative estimate of drug-likeness (QED) is 0.845. The zero-order valence-electron chi connectivity index (χ0n) is 12.6. The molecule has 6 heteroatoms. The maximum absolute atomic E-state index is 9.23. The Morgan fingerprint density at radius 1 is 1.45 bits per heavy atom. The highest BCUT2D eigenvalue weighted by molar-refractivity contribution is 5.92. The fourth-order valence-corrected chi connectivity index (χ4v) is 2.73.